The molecule has 1 N–H and O–H groups in total. The van der Waals surface area contributed by atoms with E-state index in [1.54, 1.807) is 0 Å². The van der Waals surface area contributed by atoms with E-state index >= 15 is 0 Å². The van der Waals surface area contributed by atoms with Gasteiger partial charge in [0.2, 0.25) is 5.91 Å². The fourth-order valence-corrected chi connectivity index (χ4v) is 2.97. The van der Waals surface area contributed by atoms with Crippen LogP contribution in [0.25, 0.3) is 0 Å². The van der Waals surface area contributed by atoms with Gasteiger partial charge < -0.3 is 19.7 Å². The van der Waals surface area contributed by atoms with E-state index in [-0.39, 0.29) is 12.0 Å². The molecular formula is C17H25N3O3. The van der Waals surface area contributed by atoms with E-state index in [0.717, 1.165) is 37.7 Å². The van der Waals surface area contributed by atoms with Crippen molar-refractivity contribution in [3.05, 3.63) is 24.3 Å². The maximum Gasteiger partial charge on any atom is 0.236 e. The summed E-state index contributed by atoms with van der Waals surface area (Å²) >= 11 is 0. The lowest BCUT2D eigenvalue weighted by Gasteiger charge is -2.33. The molecule has 126 valence electrons. The predicted octanol–water partition coefficient (Wildman–Crippen LogP) is 0.580. The van der Waals surface area contributed by atoms with Crippen molar-refractivity contribution in [2.45, 2.75) is 13.0 Å². The molecule has 2 aliphatic rings. The molecule has 0 aliphatic carbocycles. The number of likely N-dealkylation sites (N-methyl/N-ethyl adjacent to an activating group) is 1. The minimum atomic E-state index is -0.114. The minimum absolute atomic E-state index is 0.114. The van der Waals surface area contributed by atoms with Crippen molar-refractivity contribution in [2.24, 2.45) is 0 Å². The van der Waals surface area contributed by atoms with Gasteiger partial charge in [0.1, 0.15) is 6.61 Å². The Kier molecular flexibility index (Phi) is 5.35. The Balaban J connectivity index is 1.54. The van der Waals surface area contributed by atoms with Gasteiger partial charge in [0.05, 0.1) is 13.1 Å². The third kappa shape index (κ3) is 4.14. The molecule has 2 heterocycles. The number of amides is 1. The Bertz CT molecular complexity index is 532. The molecule has 0 aromatic heterocycles. The van der Waals surface area contributed by atoms with Gasteiger partial charge >= 0.3 is 0 Å². The molecule has 0 radical (unpaired) electrons. The summed E-state index contributed by atoms with van der Waals surface area (Å²) in [7, 11) is 0. The number of piperazine rings is 1. The van der Waals surface area contributed by atoms with Crippen LogP contribution >= 0.6 is 0 Å². The number of nitrogens with one attached hydrogen (secondary N) is 1. The summed E-state index contributed by atoms with van der Waals surface area (Å²) in [6.07, 6.45) is -0.114. The van der Waals surface area contributed by atoms with E-state index in [2.05, 4.69) is 10.2 Å². The molecule has 1 fully saturated rings. The molecule has 2 aliphatic heterocycles. The van der Waals surface area contributed by atoms with Gasteiger partial charge in [-0.25, -0.2) is 0 Å². The summed E-state index contributed by atoms with van der Waals surface area (Å²) in [5.41, 5.74) is 0. The van der Waals surface area contributed by atoms with Crippen LogP contribution in [0.3, 0.4) is 0 Å². The highest BCUT2D eigenvalue weighted by Crippen LogP contribution is 2.30. The molecule has 6 nitrogen and oxygen atoms in total. The topological polar surface area (TPSA) is 54.0 Å². The number of hydrogen-bond donors (Lipinski definition) is 1. The molecule has 3 rings (SSSR count). The first-order chi connectivity index (χ1) is 11.3. The quantitative estimate of drug-likeness (QED) is 0.860. The number of carbonyl (C=O) groups is 1. The van der Waals surface area contributed by atoms with E-state index in [1.165, 1.54) is 0 Å². The van der Waals surface area contributed by atoms with Crippen LogP contribution in [0.15, 0.2) is 24.3 Å². The van der Waals surface area contributed by atoms with Gasteiger partial charge in [-0.05, 0) is 19.1 Å². The fraction of sp³-hybridized carbons (Fsp3) is 0.588. The number of para-hydroxylation sites is 2. The lowest BCUT2D eigenvalue weighted by Crippen LogP contribution is -2.50. The van der Waals surface area contributed by atoms with Crippen molar-refractivity contribution in [2.75, 3.05) is 52.4 Å². The zero-order valence-corrected chi connectivity index (χ0v) is 13.7. The monoisotopic (exact) mass is 319 g/mol. The van der Waals surface area contributed by atoms with Crippen molar-refractivity contribution in [1.82, 2.24) is 15.1 Å². The average Bonchev–Trinajstić information content (AvgIpc) is 2.60. The second-order valence-corrected chi connectivity index (χ2v) is 5.96. The lowest BCUT2D eigenvalue weighted by molar-refractivity contribution is -0.133. The van der Waals surface area contributed by atoms with Crippen molar-refractivity contribution in [3.8, 4) is 11.5 Å². The maximum atomic E-state index is 12.5. The highest BCUT2D eigenvalue weighted by molar-refractivity contribution is 5.78. The number of hydrogen-bond acceptors (Lipinski definition) is 5. The Morgan fingerprint density at radius 2 is 2.04 bits per heavy atom. The summed E-state index contributed by atoms with van der Waals surface area (Å²) in [4.78, 5) is 16.6. The molecule has 23 heavy (non-hydrogen) atoms. The Morgan fingerprint density at radius 3 is 2.78 bits per heavy atom. The molecule has 6 heteroatoms. The number of rotatable bonds is 5. The summed E-state index contributed by atoms with van der Waals surface area (Å²) in [5, 5.41) is 3.30. The number of ether oxygens (including phenoxy) is 2. The SMILES string of the molecule is CCN(CC1COc2ccccc2O1)C(=O)CN1CCNCC1. The zero-order chi connectivity index (χ0) is 16.1. The Morgan fingerprint density at radius 1 is 1.30 bits per heavy atom. The van der Waals surface area contributed by atoms with Crippen LogP contribution in [-0.4, -0.2) is 74.2 Å². The van der Waals surface area contributed by atoms with Crippen LogP contribution in [0.4, 0.5) is 0 Å². The minimum Gasteiger partial charge on any atom is -0.486 e. The standard InChI is InChI=1S/C17H25N3O3/c1-2-20(17(21)12-19-9-7-18-8-10-19)11-14-13-22-15-5-3-4-6-16(15)23-14/h3-6,14,18H,2,7-13H2,1H3. The predicted molar refractivity (Wildman–Crippen MR) is 87.9 cm³/mol. The normalized spacial score (nSPS) is 21.0. The van der Waals surface area contributed by atoms with Crippen LogP contribution in [0.1, 0.15) is 6.92 Å². The van der Waals surface area contributed by atoms with Crippen molar-refractivity contribution >= 4 is 5.91 Å². The molecule has 1 unspecified atom stereocenters. The van der Waals surface area contributed by atoms with Gasteiger partial charge in [-0.2, -0.15) is 0 Å². The summed E-state index contributed by atoms with van der Waals surface area (Å²) in [6.45, 7) is 7.99. The van der Waals surface area contributed by atoms with Gasteiger partial charge in [0.15, 0.2) is 17.6 Å². The second kappa shape index (κ2) is 7.66. The van der Waals surface area contributed by atoms with Crippen LogP contribution in [0, 0.1) is 0 Å². The van der Waals surface area contributed by atoms with E-state index in [4.69, 9.17) is 9.47 Å². The Hall–Kier alpha value is -1.79. The Labute approximate surface area is 137 Å². The number of fused-ring (bicyclic) bond motifs is 1. The van der Waals surface area contributed by atoms with Crippen molar-refractivity contribution in [1.29, 1.82) is 0 Å². The molecule has 1 aromatic rings. The van der Waals surface area contributed by atoms with Crippen LogP contribution in [0.2, 0.25) is 0 Å². The van der Waals surface area contributed by atoms with Gasteiger partial charge in [0.25, 0.3) is 0 Å². The van der Waals surface area contributed by atoms with Gasteiger partial charge in [-0.15, -0.1) is 0 Å². The molecule has 0 saturated carbocycles. The van der Waals surface area contributed by atoms with Crippen LogP contribution in [-0.2, 0) is 4.79 Å². The highest BCUT2D eigenvalue weighted by atomic mass is 16.6. The van der Waals surface area contributed by atoms with E-state index < -0.39 is 0 Å². The van der Waals surface area contributed by atoms with E-state index in [9.17, 15) is 4.79 Å². The largest absolute Gasteiger partial charge is 0.486 e. The summed E-state index contributed by atoms with van der Waals surface area (Å²) < 4.78 is 11.7. The molecule has 1 aromatic carbocycles. The molecule has 0 spiro atoms. The maximum absolute atomic E-state index is 12.5. The summed E-state index contributed by atoms with van der Waals surface area (Å²) in [6, 6.07) is 7.66. The number of benzene rings is 1. The molecule has 1 saturated heterocycles. The molecule has 1 amide bonds. The van der Waals surface area contributed by atoms with Gasteiger partial charge in [-0.1, -0.05) is 12.1 Å². The summed E-state index contributed by atoms with van der Waals surface area (Å²) in [5.74, 6) is 1.70. The van der Waals surface area contributed by atoms with Crippen LogP contribution in [0.5, 0.6) is 11.5 Å². The molecule has 0 bridgehead atoms. The van der Waals surface area contributed by atoms with E-state index in [1.807, 2.05) is 36.1 Å². The van der Waals surface area contributed by atoms with Crippen molar-refractivity contribution < 1.29 is 14.3 Å². The first-order valence-electron chi connectivity index (χ1n) is 8.35. The first-order valence-corrected chi connectivity index (χ1v) is 8.35. The highest BCUT2D eigenvalue weighted by Gasteiger charge is 2.25. The smallest absolute Gasteiger partial charge is 0.236 e. The number of nitrogens with zero attached hydrogens (tertiary/aromatic N) is 2. The third-order valence-electron chi connectivity index (χ3n) is 4.29. The third-order valence-corrected chi connectivity index (χ3v) is 4.29. The van der Waals surface area contributed by atoms with Crippen molar-refractivity contribution in [3.63, 3.8) is 0 Å². The average molecular weight is 319 g/mol. The van der Waals surface area contributed by atoms with Crippen LogP contribution < -0.4 is 14.8 Å². The van der Waals surface area contributed by atoms with Gasteiger partial charge in [0, 0.05) is 32.7 Å². The number of carbonyl (C=O) groups excluding carboxylic acids is 1. The molecular weight excluding hydrogens is 294 g/mol. The zero-order valence-electron chi connectivity index (χ0n) is 13.7. The second-order valence-electron chi connectivity index (χ2n) is 5.96. The molecule has 1 atom stereocenters. The van der Waals surface area contributed by atoms with Gasteiger partial charge in [-0.3, -0.25) is 9.69 Å². The fourth-order valence-electron chi connectivity index (χ4n) is 2.97. The first kappa shape index (κ1) is 16.1. The lowest BCUT2D eigenvalue weighted by atomic mass is 10.2. The van der Waals surface area contributed by atoms with E-state index in [0.29, 0.717) is 26.2 Å².